The van der Waals surface area contributed by atoms with Gasteiger partial charge in [0.05, 0.1) is 14.2 Å². The number of hydrogen-bond donors (Lipinski definition) is 1. The zero-order valence-electron chi connectivity index (χ0n) is 13.1. The van der Waals surface area contributed by atoms with E-state index in [0.717, 1.165) is 40.2 Å². The second kappa shape index (κ2) is 6.64. The van der Waals surface area contributed by atoms with E-state index in [1.165, 1.54) is 0 Å². The highest BCUT2D eigenvalue weighted by atomic mass is 16.5. The summed E-state index contributed by atoms with van der Waals surface area (Å²) in [6.45, 7) is 4.09. The summed E-state index contributed by atoms with van der Waals surface area (Å²) >= 11 is 0. The molecule has 0 bridgehead atoms. The number of aryl methyl sites for hydroxylation is 2. The minimum Gasteiger partial charge on any atom is -0.496 e. The third-order valence-corrected chi connectivity index (χ3v) is 3.75. The molecule has 112 valence electrons. The largest absolute Gasteiger partial charge is 0.496 e. The number of nitrogens with two attached hydrogens (primary N) is 1. The zero-order valence-corrected chi connectivity index (χ0v) is 13.1. The summed E-state index contributed by atoms with van der Waals surface area (Å²) in [7, 11) is 3.38. The molecule has 2 rings (SSSR count). The van der Waals surface area contributed by atoms with Crippen LogP contribution in [0.3, 0.4) is 0 Å². The first-order valence-corrected chi connectivity index (χ1v) is 7.09. The van der Waals surface area contributed by atoms with E-state index in [-0.39, 0.29) is 6.04 Å². The smallest absolute Gasteiger partial charge is 0.124 e. The van der Waals surface area contributed by atoms with Gasteiger partial charge in [-0.2, -0.15) is 0 Å². The SMILES string of the molecule is COc1ccccc1CC(N)c1cc(C)c(OC)c(C)c1. The number of hydrogen-bond acceptors (Lipinski definition) is 3. The standard InChI is InChI=1S/C18H23NO2/c1-12-9-15(10-13(2)18(12)21-4)16(19)11-14-7-5-6-8-17(14)20-3/h5-10,16H,11,19H2,1-4H3. The van der Waals surface area contributed by atoms with Crippen molar-refractivity contribution in [1.29, 1.82) is 0 Å². The molecule has 0 aliphatic rings. The van der Waals surface area contributed by atoms with Crippen molar-refractivity contribution >= 4 is 0 Å². The fraction of sp³-hybridized carbons (Fsp3) is 0.333. The van der Waals surface area contributed by atoms with Crippen LogP contribution in [0.25, 0.3) is 0 Å². The van der Waals surface area contributed by atoms with E-state index in [4.69, 9.17) is 15.2 Å². The molecule has 2 aromatic rings. The first-order chi connectivity index (χ1) is 10.1. The lowest BCUT2D eigenvalue weighted by molar-refractivity contribution is 0.407. The fourth-order valence-electron chi connectivity index (χ4n) is 2.75. The quantitative estimate of drug-likeness (QED) is 0.913. The Labute approximate surface area is 126 Å². The van der Waals surface area contributed by atoms with Gasteiger partial charge in [-0.15, -0.1) is 0 Å². The molecule has 0 radical (unpaired) electrons. The van der Waals surface area contributed by atoms with Crippen LogP contribution in [-0.4, -0.2) is 14.2 Å². The van der Waals surface area contributed by atoms with E-state index in [1.807, 2.05) is 32.0 Å². The number of methoxy groups -OCH3 is 2. The molecular formula is C18H23NO2. The predicted molar refractivity (Wildman–Crippen MR) is 86.1 cm³/mol. The molecule has 0 spiro atoms. The Morgan fingerprint density at radius 2 is 1.62 bits per heavy atom. The van der Waals surface area contributed by atoms with Crippen LogP contribution in [-0.2, 0) is 6.42 Å². The van der Waals surface area contributed by atoms with Gasteiger partial charge in [0.2, 0.25) is 0 Å². The maximum Gasteiger partial charge on any atom is 0.124 e. The minimum absolute atomic E-state index is 0.0652. The third kappa shape index (κ3) is 3.37. The lowest BCUT2D eigenvalue weighted by Gasteiger charge is -2.17. The van der Waals surface area contributed by atoms with Crippen LogP contribution in [0.1, 0.15) is 28.3 Å². The highest BCUT2D eigenvalue weighted by Crippen LogP contribution is 2.29. The number of para-hydroxylation sites is 1. The van der Waals surface area contributed by atoms with E-state index in [2.05, 4.69) is 18.2 Å². The lowest BCUT2D eigenvalue weighted by Crippen LogP contribution is -2.14. The molecule has 0 amide bonds. The maximum atomic E-state index is 6.38. The summed E-state index contributed by atoms with van der Waals surface area (Å²) in [6, 6.07) is 12.1. The second-order valence-electron chi connectivity index (χ2n) is 5.31. The number of ether oxygens (including phenoxy) is 2. The molecule has 0 saturated carbocycles. The van der Waals surface area contributed by atoms with E-state index in [1.54, 1.807) is 14.2 Å². The molecule has 21 heavy (non-hydrogen) atoms. The molecule has 1 unspecified atom stereocenters. The van der Waals surface area contributed by atoms with Crippen molar-refractivity contribution in [2.45, 2.75) is 26.3 Å². The zero-order chi connectivity index (χ0) is 15.4. The van der Waals surface area contributed by atoms with Crippen molar-refractivity contribution in [3.8, 4) is 11.5 Å². The normalized spacial score (nSPS) is 12.0. The van der Waals surface area contributed by atoms with Crippen molar-refractivity contribution in [2.75, 3.05) is 14.2 Å². The Kier molecular flexibility index (Phi) is 4.86. The molecule has 0 saturated heterocycles. The van der Waals surface area contributed by atoms with Gasteiger partial charge in [-0.1, -0.05) is 30.3 Å². The summed E-state index contributed by atoms with van der Waals surface area (Å²) < 4.78 is 10.8. The summed E-state index contributed by atoms with van der Waals surface area (Å²) in [5.41, 5.74) is 10.9. The van der Waals surface area contributed by atoms with Gasteiger partial charge in [-0.3, -0.25) is 0 Å². The van der Waals surface area contributed by atoms with Gasteiger partial charge >= 0.3 is 0 Å². The van der Waals surface area contributed by atoms with Crippen LogP contribution in [0.2, 0.25) is 0 Å². The Morgan fingerprint density at radius 3 is 2.19 bits per heavy atom. The predicted octanol–water partition coefficient (Wildman–Crippen LogP) is 3.56. The van der Waals surface area contributed by atoms with E-state index >= 15 is 0 Å². The first-order valence-electron chi connectivity index (χ1n) is 7.09. The molecule has 1 atom stereocenters. The molecule has 0 fully saturated rings. The van der Waals surface area contributed by atoms with E-state index in [0.29, 0.717) is 0 Å². The Bertz CT molecular complexity index is 599. The summed E-state index contributed by atoms with van der Waals surface area (Å²) in [5, 5.41) is 0. The summed E-state index contributed by atoms with van der Waals surface area (Å²) in [4.78, 5) is 0. The minimum atomic E-state index is -0.0652. The van der Waals surface area contributed by atoms with Crippen molar-refractivity contribution in [3.63, 3.8) is 0 Å². The molecule has 3 heteroatoms. The Balaban J connectivity index is 2.26. The molecule has 2 aromatic carbocycles. The molecule has 3 nitrogen and oxygen atoms in total. The first kappa shape index (κ1) is 15.4. The van der Waals surface area contributed by atoms with Gasteiger partial charge in [-0.25, -0.2) is 0 Å². The van der Waals surface area contributed by atoms with Gasteiger partial charge in [0.1, 0.15) is 11.5 Å². The Morgan fingerprint density at radius 1 is 1.00 bits per heavy atom. The van der Waals surface area contributed by atoms with Crippen LogP contribution < -0.4 is 15.2 Å². The van der Waals surface area contributed by atoms with Crippen molar-refractivity contribution < 1.29 is 9.47 Å². The van der Waals surface area contributed by atoms with Crippen molar-refractivity contribution in [2.24, 2.45) is 5.73 Å². The van der Waals surface area contributed by atoms with Crippen molar-refractivity contribution in [3.05, 3.63) is 58.7 Å². The summed E-state index contributed by atoms with van der Waals surface area (Å²) in [5.74, 6) is 1.82. The number of benzene rings is 2. The molecular weight excluding hydrogens is 262 g/mol. The average Bonchev–Trinajstić information content (AvgIpc) is 2.47. The third-order valence-electron chi connectivity index (χ3n) is 3.75. The van der Waals surface area contributed by atoms with Gasteiger partial charge in [0.15, 0.2) is 0 Å². The van der Waals surface area contributed by atoms with Gasteiger partial charge in [0, 0.05) is 6.04 Å². The van der Waals surface area contributed by atoms with Gasteiger partial charge in [0.25, 0.3) is 0 Å². The number of rotatable bonds is 5. The van der Waals surface area contributed by atoms with Crippen LogP contribution in [0.15, 0.2) is 36.4 Å². The monoisotopic (exact) mass is 285 g/mol. The van der Waals surface area contributed by atoms with Crippen LogP contribution in [0.5, 0.6) is 11.5 Å². The topological polar surface area (TPSA) is 44.5 Å². The molecule has 0 aliphatic carbocycles. The lowest BCUT2D eigenvalue weighted by atomic mass is 9.95. The van der Waals surface area contributed by atoms with Gasteiger partial charge in [-0.05, 0) is 48.6 Å². The van der Waals surface area contributed by atoms with Crippen molar-refractivity contribution in [1.82, 2.24) is 0 Å². The van der Waals surface area contributed by atoms with Crippen LogP contribution in [0.4, 0.5) is 0 Å². The van der Waals surface area contributed by atoms with E-state index < -0.39 is 0 Å². The highest BCUT2D eigenvalue weighted by Gasteiger charge is 2.13. The highest BCUT2D eigenvalue weighted by molar-refractivity contribution is 5.45. The average molecular weight is 285 g/mol. The second-order valence-corrected chi connectivity index (χ2v) is 5.31. The molecule has 0 aromatic heterocycles. The molecule has 0 heterocycles. The fourth-order valence-corrected chi connectivity index (χ4v) is 2.75. The van der Waals surface area contributed by atoms with Gasteiger partial charge < -0.3 is 15.2 Å². The van der Waals surface area contributed by atoms with Crippen LogP contribution in [0, 0.1) is 13.8 Å². The maximum absolute atomic E-state index is 6.38. The molecule has 0 aliphatic heterocycles. The van der Waals surface area contributed by atoms with Crippen LogP contribution >= 0.6 is 0 Å². The summed E-state index contributed by atoms with van der Waals surface area (Å²) in [6.07, 6.45) is 0.745. The van der Waals surface area contributed by atoms with E-state index in [9.17, 15) is 0 Å². The molecule has 2 N–H and O–H groups in total. The Hall–Kier alpha value is -2.00.